The number of nitrogens with one attached hydrogen (secondary N) is 1. The predicted molar refractivity (Wildman–Crippen MR) is 158 cm³/mol. The van der Waals surface area contributed by atoms with Crippen molar-refractivity contribution in [2.75, 3.05) is 37.2 Å². The van der Waals surface area contributed by atoms with E-state index in [-0.39, 0.29) is 36.0 Å². The third-order valence-electron chi connectivity index (χ3n) is 6.61. The molecule has 0 bridgehead atoms. The molecule has 1 heterocycles. The Kier molecular flexibility index (Phi) is 11.0. The Bertz CT molecular complexity index is 1280. The number of aromatic carboxylic acids is 1. The number of methoxy groups -OCH3 is 2. The fourth-order valence-corrected chi connectivity index (χ4v) is 5.07. The number of ether oxygens (including phenoxy) is 2. The van der Waals surface area contributed by atoms with Crippen molar-refractivity contribution in [3.05, 3.63) is 81.8 Å². The highest BCUT2D eigenvalue weighted by molar-refractivity contribution is 9.10. The quantitative estimate of drug-likeness (QED) is 0.275. The molecule has 10 heteroatoms. The first-order valence-electron chi connectivity index (χ1n) is 12.5. The molecule has 8 nitrogen and oxygen atoms in total. The van der Waals surface area contributed by atoms with Gasteiger partial charge in [0.2, 0.25) is 5.91 Å². The van der Waals surface area contributed by atoms with E-state index >= 15 is 0 Å². The van der Waals surface area contributed by atoms with Crippen LogP contribution in [0, 0.1) is 0 Å². The van der Waals surface area contributed by atoms with Crippen molar-refractivity contribution in [2.45, 2.75) is 32.2 Å². The number of piperidine rings is 1. The predicted octanol–water partition coefficient (Wildman–Crippen LogP) is 5.86. The summed E-state index contributed by atoms with van der Waals surface area (Å²) < 4.78 is 11.1. The van der Waals surface area contributed by atoms with Gasteiger partial charge >= 0.3 is 5.97 Å². The molecule has 3 aromatic rings. The first-order valence-corrected chi connectivity index (χ1v) is 13.3. The Morgan fingerprint density at radius 3 is 2.33 bits per heavy atom. The van der Waals surface area contributed by atoms with Crippen LogP contribution in [-0.4, -0.2) is 44.3 Å². The molecule has 208 valence electrons. The van der Waals surface area contributed by atoms with Crippen LogP contribution < -0.4 is 24.8 Å². The molecule has 1 aliphatic heterocycles. The molecule has 0 atom stereocenters. The molecule has 0 spiro atoms. The van der Waals surface area contributed by atoms with Gasteiger partial charge in [-0.1, -0.05) is 40.2 Å². The lowest BCUT2D eigenvalue weighted by molar-refractivity contribution is -0.118. The molecule has 39 heavy (non-hydrogen) atoms. The normalized spacial score (nSPS) is 12.8. The third-order valence-corrected chi connectivity index (χ3v) is 7.35. The van der Waals surface area contributed by atoms with E-state index in [1.54, 1.807) is 18.2 Å². The van der Waals surface area contributed by atoms with E-state index in [9.17, 15) is 14.7 Å². The minimum absolute atomic E-state index is 0. The number of carboxylic acids is 1. The van der Waals surface area contributed by atoms with Gasteiger partial charge in [-0.2, -0.15) is 0 Å². The van der Waals surface area contributed by atoms with Crippen LogP contribution in [0.3, 0.4) is 0 Å². The average molecular weight is 619 g/mol. The lowest BCUT2D eigenvalue weighted by Gasteiger charge is -2.34. The number of halogens is 2. The van der Waals surface area contributed by atoms with E-state index < -0.39 is 5.97 Å². The number of carbonyl (C=O) groups excluding carboxylic acids is 1. The smallest absolute Gasteiger partial charge is 0.339 e. The minimum atomic E-state index is -1.10. The average Bonchev–Trinajstić information content (AvgIpc) is 2.95. The van der Waals surface area contributed by atoms with Crippen molar-refractivity contribution < 1.29 is 24.2 Å². The summed E-state index contributed by atoms with van der Waals surface area (Å²) in [5, 5.41) is 11.1. The van der Waals surface area contributed by atoms with Gasteiger partial charge in [0.1, 0.15) is 17.1 Å². The first kappa shape index (κ1) is 30.3. The second-order valence-corrected chi connectivity index (χ2v) is 9.93. The molecule has 3 aromatic carbocycles. The number of hydrogen-bond donors (Lipinski definition) is 2. The third kappa shape index (κ3) is 7.44. The molecule has 1 amide bonds. The van der Waals surface area contributed by atoms with Crippen LogP contribution in [0.25, 0.3) is 0 Å². The largest absolute Gasteiger partial charge is 0.497 e. The van der Waals surface area contributed by atoms with Crippen molar-refractivity contribution in [3.8, 4) is 11.5 Å². The number of carbonyl (C=O) groups is 2. The maximum atomic E-state index is 13.9. The van der Waals surface area contributed by atoms with Crippen LogP contribution in [0.1, 0.15) is 40.7 Å². The van der Waals surface area contributed by atoms with Gasteiger partial charge in [-0.3, -0.25) is 4.79 Å². The van der Waals surface area contributed by atoms with E-state index in [1.807, 2.05) is 42.5 Å². The molecule has 0 saturated carbocycles. The molecule has 0 aromatic heterocycles. The highest BCUT2D eigenvalue weighted by Crippen LogP contribution is 2.33. The number of carboxylic acid groups (broad SMARTS) is 1. The standard InChI is InChI=1S/C29H32BrN3O5.ClH/c1-37-22-12-10-20(11-13-22)19-31-33(26-9-5-4-8-25(26)32-14-6-3-7-15-32)28(34)17-21-16-27(38-2)23(29(35)36)18-24(21)30;/h4-5,8-13,16,18,31H,3,6-7,14-15,17,19H2,1-2H3,(H,35,36);1H. The molecule has 0 radical (unpaired) electrons. The van der Waals surface area contributed by atoms with Crippen molar-refractivity contribution in [2.24, 2.45) is 0 Å². The zero-order valence-electron chi connectivity index (χ0n) is 22.0. The minimum Gasteiger partial charge on any atom is -0.497 e. The van der Waals surface area contributed by atoms with Crippen LogP contribution >= 0.6 is 28.3 Å². The molecule has 0 unspecified atom stereocenters. The van der Waals surface area contributed by atoms with Gasteiger partial charge < -0.3 is 19.5 Å². The van der Waals surface area contributed by atoms with Gasteiger partial charge in [0.05, 0.1) is 32.0 Å². The maximum Gasteiger partial charge on any atom is 0.339 e. The number of para-hydroxylation sites is 2. The number of hydrazine groups is 1. The molecular weight excluding hydrogens is 586 g/mol. The Morgan fingerprint density at radius 2 is 1.69 bits per heavy atom. The Hall–Kier alpha value is -3.27. The number of benzene rings is 3. The summed E-state index contributed by atoms with van der Waals surface area (Å²) in [6, 6.07) is 18.7. The molecule has 1 saturated heterocycles. The Balaban J connectivity index is 0.00000420. The van der Waals surface area contributed by atoms with Crippen LogP contribution in [0.2, 0.25) is 0 Å². The molecule has 4 rings (SSSR count). The summed E-state index contributed by atoms with van der Waals surface area (Å²) >= 11 is 3.45. The second-order valence-electron chi connectivity index (χ2n) is 9.07. The van der Waals surface area contributed by atoms with Crippen LogP contribution in [0.15, 0.2) is 65.1 Å². The van der Waals surface area contributed by atoms with E-state index in [2.05, 4.69) is 32.3 Å². The van der Waals surface area contributed by atoms with Gasteiger partial charge in [0.25, 0.3) is 0 Å². The number of anilines is 2. The van der Waals surface area contributed by atoms with Crippen molar-refractivity contribution in [3.63, 3.8) is 0 Å². The van der Waals surface area contributed by atoms with E-state index in [0.717, 1.165) is 48.6 Å². The van der Waals surface area contributed by atoms with Crippen molar-refractivity contribution in [1.29, 1.82) is 0 Å². The Labute approximate surface area is 243 Å². The van der Waals surface area contributed by atoms with Gasteiger partial charge in [-0.05, 0) is 66.8 Å². The topological polar surface area (TPSA) is 91.3 Å². The lowest BCUT2D eigenvalue weighted by Crippen LogP contribution is -2.45. The summed E-state index contributed by atoms with van der Waals surface area (Å²) in [4.78, 5) is 27.8. The first-order chi connectivity index (χ1) is 18.4. The molecule has 1 fully saturated rings. The number of rotatable bonds is 10. The SMILES string of the molecule is COc1ccc(CNN(C(=O)Cc2cc(OC)c(C(=O)O)cc2Br)c2ccccc2N2CCCCC2)cc1.Cl. The maximum absolute atomic E-state index is 13.9. The van der Waals surface area contributed by atoms with E-state index in [4.69, 9.17) is 9.47 Å². The van der Waals surface area contributed by atoms with Crippen LogP contribution in [-0.2, 0) is 17.8 Å². The fraction of sp³-hybridized carbons (Fsp3) is 0.310. The highest BCUT2D eigenvalue weighted by Gasteiger charge is 2.24. The number of amides is 1. The zero-order valence-corrected chi connectivity index (χ0v) is 24.4. The summed E-state index contributed by atoms with van der Waals surface area (Å²) in [6.07, 6.45) is 3.47. The zero-order chi connectivity index (χ0) is 27.1. The van der Waals surface area contributed by atoms with Crippen LogP contribution in [0.5, 0.6) is 11.5 Å². The Morgan fingerprint density at radius 1 is 1.00 bits per heavy atom. The van der Waals surface area contributed by atoms with E-state index in [0.29, 0.717) is 16.6 Å². The summed E-state index contributed by atoms with van der Waals surface area (Å²) in [7, 11) is 3.04. The van der Waals surface area contributed by atoms with Crippen molar-refractivity contribution in [1.82, 2.24) is 5.43 Å². The molecule has 1 aliphatic rings. The molecule has 0 aliphatic carbocycles. The van der Waals surface area contributed by atoms with Gasteiger partial charge in [0.15, 0.2) is 0 Å². The molecule has 2 N–H and O–H groups in total. The van der Waals surface area contributed by atoms with Gasteiger partial charge in [0, 0.05) is 24.1 Å². The van der Waals surface area contributed by atoms with E-state index in [1.165, 1.54) is 19.6 Å². The summed E-state index contributed by atoms with van der Waals surface area (Å²) in [5.74, 6) is -0.317. The number of hydrogen-bond acceptors (Lipinski definition) is 6. The second kappa shape index (κ2) is 14.2. The monoisotopic (exact) mass is 617 g/mol. The van der Waals surface area contributed by atoms with Gasteiger partial charge in [-0.25, -0.2) is 15.2 Å². The summed E-state index contributed by atoms with van der Waals surface area (Å²) in [5.41, 5.74) is 6.77. The van der Waals surface area contributed by atoms with Gasteiger partial charge in [-0.15, -0.1) is 12.4 Å². The highest BCUT2D eigenvalue weighted by atomic mass is 79.9. The van der Waals surface area contributed by atoms with Crippen LogP contribution in [0.4, 0.5) is 11.4 Å². The molecular formula is C29H33BrClN3O5. The fourth-order valence-electron chi connectivity index (χ4n) is 4.59. The van der Waals surface area contributed by atoms with Crippen molar-refractivity contribution >= 4 is 51.6 Å². The summed E-state index contributed by atoms with van der Waals surface area (Å²) in [6.45, 7) is 2.31. The lowest BCUT2D eigenvalue weighted by atomic mass is 10.1. The number of nitrogens with zero attached hydrogens (tertiary/aromatic N) is 2.